The van der Waals surface area contributed by atoms with Crippen LogP contribution in [0.4, 0.5) is 5.69 Å². The van der Waals surface area contributed by atoms with Crippen LogP contribution in [0, 0.1) is 5.92 Å². The molecule has 1 saturated heterocycles. The van der Waals surface area contributed by atoms with Crippen molar-refractivity contribution < 1.29 is 17.9 Å². The number of ether oxygens (including phenoxy) is 1. The fourth-order valence-electron chi connectivity index (χ4n) is 3.69. The largest absolute Gasteiger partial charge is 0.379 e. The molecule has 1 aliphatic heterocycles. The highest BCUT2D eigenvalue weighted by Gasteiger charge is 2.37. The van der Waals surface area contributed by atoms with Crippen molar-refractivity contribution in [2.24, 2.45) is 11.7 Å². The monoisotopic (exact) mass is 381 g/mol. The molecule has 1 aromatic rings. The van der Waals surface area contributed by atoms with Gasteiger partial charge in [-0.1, -0.05) is 18.9 Å². The zero-order chi connectivity index (χ0) is 18.8. The third-order valence-electron chi connectivity index (χ3n) is 5.28. The molecule has 1 aliphatic carbocycles. The summed E-state index contributed by atoms with van der Waals surface area (Å²) in [6.45, 7) is 3.38. The van der Waals surface area contributed by atoms with Crippen molar-refractivity contribution >= 4 is 21.6 Å². The number of amides is 1. The van der Waals surface area contributed by atoms with E-state index in [1.165, 1.54) is 10.4 Å². The van der Waals surface area contributed by atoms with Gasteiger partial charge in [0.1, 0.15) is 0 Å². The van der Waals surface area contributed by atoms with Crippen LogP contribution in [0.25, 0.3) is 0 Å². The lowest BCUT2D eigenvalue weighted by atomic mass is 9.74. The van der Waals surface area contributed by atoms with Gasteiger partial charge in [0, 0.05) is 24.3 Å². The van der Waals surface area contributed by atoms with Gasteiger partial charge in [0.2, 0.25) is 15.9 Å². The molecule has 2 atom stereocenters. The Morgan fingerprint density at radius 1 is 1.31 bits per heavy atom. The molecular weight excluding hydrogens is 354 g/mol. The van der Waals surface area contributed by atoms with Gasteiger partial charge in [-0.05, 0) is 38.0 Å². The number of anilines is 1. The van der Waals surface area contributed by atoms with Crippen molar-refractivity contribution in [3.63, 3.8) is 0 Å². The molecule has 1 heterocycles. The van der Waals surface area contributed by atoms with Crippen LogP contribution in [-0.4, -0.2) is 50.5 Å². The molecule has 7 nitrogen and oxygen atoms in total. The van der Waals surface area contributed by atoms with Crippen molar-refractivity contribution in [1.29, 1.82) is 0 Å². The Labute approximate surface area is 154 Å². The van der Waals surface area contributed by atoms with E-state index < -0.39 is 15.6 Å². The molecule has 1 saturated carbocycles. The van der Waals surface area contributed by atoms with Crippen LogP contribution in [0.5, 0.6) is 0 Å². The molecule has 1 aromatic carbocycles. The minimum atomic E-state index is -3.59. The van der Waals surface area contributed by atoms with Crippen LogP contribution >= 0.6 is 0 Å². The number of rotatable bonds is 4. The standard InChI is InChI=1S/C18H27N3O4S/c1-18(19)8-3-2-7-16(18)17(22)20-14-5-4-6-15(13-14)26(23,24)21-9-11-25-12-10-21/h4-6,13,16H,2-3,7-12,19H2,1H3,(H,20,22). The van der Waals surface area contributed by atoms with Gasteiger partial charge < -0.3 is 15.8 Å². The summed E-state index contributed by atoms with van der Waals surface area (Å²) in [6.07, 6.45) is 3.58. The summed E-state index contributed by atoms with van der Waals surface area (Å²) in [5, 5.41) is 2.86. The summed E-state index contributed by atoms with van der Waals surface area (Å²) in [5.41, 5.74) is 6.25. The van der Waals surface area contributed by atoms with Crippen LogP contribution in [0.3, 0.4) is 0 Å². The van der Waals surface area contributed by atoms with E-state index in [2.05, 4.69) is 5.32 Å². The second-order valence-corrected chi connectivity index (χ2v) is 9.28. The normalized spacial score (nSPS) is 27.8. The first-order chi connectivity index (χ1) is 12.3. The highest BCUT2D eigenvalue weighted by molar-refractivity contribution is 7.89. The van der Waals surface area contributed by atoms with Crippen molar-refractivity contribution in [2.75, 3.05) is 31.6 Å². The SMILES string of the molecule is CC1(N)CCCCC1C(=O)Nc1cccc(S(=O)(=O)N2CCOCC2)c1. The molecule has 2 aliphatic rings. The molecule has 0 radical (unpaired) electrons. The second kappa shape index (κ2) is 7.64. The highest BCUT2D eigenvalue weighted by Crippen LogP contribution is 2.32. The van der Waals surface area contributed by atoms with E-state index in [0.717, 1.165) is 25.7 Å². The lowest BCUT2D eigenvalue weighted by Crippen LogP contribution is -2.51. The fourth-order valence-corrected chi connectivity index (χ4v) is 5.14. The van der Waals surface area contributed by atoms with E-state index in [0.29, 0.717) is 32.0 Å². The maximum atomic E-state index is 12.8. The number of carbonyl (C=O) groups excluding carboxylic acids is 1. The van der Waals surface area contributed by atoms with Gasteiger partial charge >= 0.3 is 0 Å². The van der Waals surface area contributed by atoms with Gasteiger partial charge in [0.25, 0.3) is 0 Å². The summed E-state index contributed by atoms with van der Waals surface area (Å²) in [5.74, 6) is -0.411. The van der Waals surface area contributed by atoms with Crippen molar-refractivity contribution in [2.45, 2.75) is 43.0 Å². The van der Waals surface area contributed by atoms with E-state index in [1.54, 1.807) is 18.2 Å². The Morgan fingerprint density at radius 2 is 2.04 bits per heavy atom. The molecule has 0 spiro atoms. The summed E-state index contributed by atoms with van der Waals surface area (Å²) in [6, 6.07) is 6.41. The van der Waals surface area contributed by atoms with Crippen LogP contribution in [-0.2, 0) is 19.6 Å². The average Bonchev–Trinajstić information content (AvgIpc) is 2.62. The van der Waals surface area contributed by atoms with Crippen molar-refractivity contribution in [3.05, 3.63) is 24.3 Å². The number of nitrogens with zero attached hydrogens (tertiary/aromatic N) is 1. The highest BCUT2D eigenvalue weighted by atomic mass is 32.2. The Kier molecular flexibility index (Phi) is 5.67. The predicted octanol–water partition coefficient (Wildman–Crippen LogP) is 1.55. The second-order valence-electron chi connectivity index (χ2n) is 7.34. The molecule has 2 unspecified atom stereocenters. The third kappa shape index (κ3) is 4.09. The Balaban J connectivity index is 1.76. The van der Waals surface area contributed by atoms with Crippen LogP contribution in [0.1, 0.15) is 32.6 Å². The van der Waals surface area contributed by atoms with Gasteiger partial charge in [0.15, 0.2) is 0 Å². The lowest BCUT2D eigenvalue weighted by molar-refractivity contribution is -0.122. The number of carbonyl (C=O) groups is 1. The number of sulfonamides is 1. The first kappa shape index (κ1) is 19.3. The quantitative estimate of drug-likeness (QED) is 0.824. The van der Waals surface area contributed by atoms with Gasteiger partial charge in [-0.15, -0.1) is 0 Å². The molecular formula is C18H27N3O4S. The number of morpholine rings is 1. The zero-order valence-electron chi connectivity index (χ0n) is 15.1. The Bertz CT molecular complexity index is 757. The maximum Gasteiger partial charge on any atom is 0.243 e. The molecule has 2 fully saturated rings. The summed E-state index contributed by atoms with van der Waals surface area (Å²) in [7, 11) is -3.59. The lowest BCUT2D eigenvalue weighted by Gasteiger charge is -2.37. The molecule has 3 rings (SSSR count). The molecule has 3 N–H and O–H groups in total. The molecule has 26 heavy (non-hydrogen) atoms. The molecule has 0 bridgehead atoms. The van der Waals surface area contributed by atoms with Crippen molar-refractivity contribution in [1.82, 2.24) is 4.31 Å². The first-order valence-corrected chi connectivity index (χ1v) is 10.5. The van der Waals surface area contributed by atoms with Crippen LogP contribution in [0.15, 0.2) is 29.2 Å². The average molecular weight is 381 g/mol. The Morgan fingerprint density at radius 3 is 2.73 bits per heavy atom. The number of hydrogen-bond donors (Lipinski definition) is 2. The number of nitrogens with one attached hydrogen (secondary N) is 1. The topological polar surface area (TPSA) is 102 Å². The van der Waals surface area contributed by atoms with E-state index in [1.807, 2.05) is 6.92 Å². The minimum absolute atomic E-state index is 0.143. The zero-order valence-corrected chi connectivity index (χ0v) is 15.9. The van der Waals surface area contributed by atoms with E-state index >= 15 is 0 Å². The third-order valence-corrected chi connectivity index (χ3v) is 7.17. The van der Waals surface area contributed by atoms with E-state index in [9.17, 15) is 13.2 Å². The summed E-state index contributed by atoms with van der Waals surface area (Å²) < 4.78 is 32.2. The van der Waals surface area contributed by atoms with Gasteiger partial charge in [-0.2, -0.15) is 4.31 Å². The van der Waals surface area contributed by atoms with E-state index in [-0.39, 0.29) is 16.7 Å². The smallest absolute Gasteiger partial charge is 0.243 e. The van der Waals surface area contributed by atoms with Gasteiger partial charge in [0.05, 0.1) is 24.0 Å². The molecule has 144 valence electrons. The first-order valence-electron chi connectivity index (χ1n) is 9.08. The fraction of sp³-hybridized carbons (Fsp3) is 0.611. The minimum Gasteiger partial charge on any atom is -0.379 e. The van der Waals surface area contributed by atoms with Crippen LogP contribution < -0.4 is 11.1 Å². The van der Waals surface area contributed by atoms with Gasteiger partial charge in [-0.25, -0.2) is 8.42 Å². The molecule has 0 aromatic heterocycles. The number of benzene rings is 1. The number of nitrogens with two attached hydrogens (primary N) is 1. The maximum absolute atomic E-state index is 12.8. The molecule has 8 heteroatoms. The van der Waals surface area contributed by atoms with Crippen molar-refractivity contribution in [3.8, 4) is 0 Å². The van der Waals surface area contributed by atoms with E-state index in [4.69, 9.17) is 10.5 Å². The van der Waals surface area contributed by atoms with Gasteiger partial charge in [-0.3, -0.25) is 4.79 Å². The Hall–Kier alpha value is -1.48. The summed E-state index contributed by atoms with van der Waals surface area (Å²) >= 11 is 0. The summed E-state index contributed by atoms with van der Waals surface area (Å²) in [4.78, 5) is 12.9. The molecule has 1 amide bonds. The van der Waals surface area contributed by atoms with Crippen LogP contribution in [0.2, 0.25) is 0 Å². The predicted molar refractivity (Wildman–Crippen MR) is 99.2 cm³/mol. The number of hydrogen-bond acceptors (Lipinski definition) is 5.